The molecule has 1 aliphatic heterocycles. The average Bonchev–Trinajstić information content (AvgIpc) is 3.21. The molecule has 6 heteroatoms. The number of nitrogens with one attached hydrogen (secondary N) is 1. The normalized spacial score (nSPS) is 27.3. The zero-order valence-corrected chi connectivity index (χ0v) is 20.8. The molecule has 5 rings (SSSR count). The molecule has 1 saturated carbocycles. The molecular formula is C27H34N2O3S. The Balaban J connectivity index is 1.55. The molecule has 2 heterocycles. The molecule has 176 valence electrons. The second-order valence-electron chi connectivity index (χ2n) is 9.80. The molecule has 0 saturated heterocycles. The van der Waals surface area contributed by atoms with E-state index in [9.17, 15) is 5.11 Å². The highest BCUT2D eigenvalue weighted by atomic mass is 32.2. The van der Waals surface area contributed by atoms with Crippen LogP contribution in [0, 0.1) is 5.92 Å². The van der Waals surface area contributed by atoms with Gasteiger partial charge in [0, 0.05) is 28.3 Å². The van der Waals surface area contributed by atoms with Crippen LogP contribution in [-0.4, -0.2) is 55.6 Å². The molecule has 3 atom stereocenters. The van der Waals surface area contributed by atoms with Crippen molar-refractivity contribution in [2.45, 2.75) is 41.8 Å². The molecule has 1 aliphatic carbocycles. The number of hydrogen-bond acceptors (Lipinski definition) is 5. The van der Waals surface area contributed by atoms with Crippen molar-refractivity contribution in [2.24, 2.45) is 5.92 Å². The van der Waals surface area contributed by atoms with Crippen molar-refractivity contribution >= 4 is 22.7 Å². The van der Waals surface area contributed by atoms with Crippen LogP contribution < -0.4 is 4.74 Å². The fourth-order valence-corrected chi connectivity index (χ4v) is 6.37. The van der Waals surface area contributed by atoms with E-state index in [2.05, 4.69) is 66.6 Å². The van der Waals surface area contributed by atoms with Crippen molar-refractivity contribution in [3.63, 3.8) is 0 Å². The van der Waals surface area contributed by atoms with Crippen LogP contribution in [-0.2, 0) is 22.4 Å². The van der Waals surface area contributed by atoms with E-state index in [1.54, 1.807) is 18.9 Å². The maximum absolute atomic E-state index is 12.1. The Morgan fingerprint density at radius 2 is 1.97 bits per heavy atom. The predicted octanol–water partition coefficient (Wildman–Crippen LogP) is 4.92. The standard InChI is InChI=1S/C27H34N2O3S/c1-29(2)17-19-16-26(12-13-27(19,30)18-5-8-21(33-4)9-6-18)25-22(11-14-32-26)23-15-20(31-3)7-10-24(23)28-25/h5-10,15,19,28,30H,11-14,16-17H2,1-4H3. The molecule has 1 spiro atoms. The van der Waals surface area contributed by atoms with Crippen LogP contribution in [0.15, 0.2) is 47.4 Å². The molecule has 3 unspecified atom stereocenters. The molecule has 0 radical (unpaired) electrons. The first-order chi connectivity index (χ1) is 15.9. The second kappa shape index (κ2) is 8.66. The number of methoxy groups -OCH3 is 1. The molecule has 2 aromatic carbocycles. The van der Waals surface area contributed by atoms with Gasteiger partial charge in [-0.2, -0.15) is 0 Å². The lowest BCUT2D eigenvalue weighted by Gasteiger charge is -2.51. The van der Waals surface area contributed by atoms with Gasteiger partial charge in [0.15, 0.2) is 0 Å². The third kappa shape index (κ3) is 3.87. The summed E-state index contributed by atoms with van der Waals surface area (Å²) in [6, 6.07) is 14.7. The summed E-state index contributed by atoms with van der Waals surface area (Å²) in [6.07, 6.45) is 5.21. The lowest BCUT2D eigenvalue weighted by atomic mass is 9.64. The highest BCUT2D eigenvalue weighted by Crippen LogP contribution is 2.53. The Morgan fingerprint density at radius 3 is 2.67 bits per heavy atom. The Hall–Kier alpha value is -1.99. The summed E-state index contributed by atoms with van der Waals surface area (Å²) in [6.45, 7) is 1.50. The number of aliphatic hydroxyl groups is 1. The second-order valence-corrected chi connectivity index (χ2v) is 10.7. The van der Waals surface area contributed by atoms with Gasteiger partial charge < -0.3 is 24.5 Å². The van der Waals surface area contributed by atoms with Gasteiger partial charge >= 0.3 is 0 Å². The molecule has 1 fully saturated rings. The van der Waals surface area contributed by atoms with Crippen molar-refractivity contribution in [2.75, 3.05) is 40.6 Å². The quantitative estimate of drug-likeness (QED) is 0.523. The summed E-state index contributed by atoms with van der Waals surface area (Å²) in [4.78, 5) is 7.11. The third-order valence-corrected chi connectivity index (χ3v) is 8.38. The first kappa shape index (κ1) is 22.8. The number of benzene rings is 2. The summed E-state index contributed by atoms with van der Waals surface area (Å²) < 4.78 is 12.1. The van der Waals surface area contributed by atoms with E-state index in [1.165, 1.54) is 21.5 Å². The molecule has 2 aliphatic rings. The number of rotatable bonds is 5. The topological polar surface area (TPSA) is 57.7 Å². The Bertz CT molecular complexity index is 1140. The molecule has 0 amide bonds. The molecule has 5 nitrogen and oxygen atoms in total. The van der Waals surface area contributed by atoms with Crippen LogP contribution in [0.4, 0.5) is 0 Å². The van der Waals surface area contributed by atoms with Gasteiger partial charge in [0.05, 0.1) is 25.0 Å². The zero-order chi connectivity index (χ0) is 23.2. The number of thioether (sulfide) groups is 1. The number of H-pyrrole nitrogens is 1. The smallest absolute Gasteiger partial charge is 0.119 e. The monoisotopic (exact) mass is 466 g/mol. The maximum atomic E-state index is 12.1. The van der Waals surface area contributed by atoms with Crippen molar-refractivity contribution in [1.82, 2.24) is 9.88 Å². The first-order valence-corrected chi connectivity index (χ1v) is 13.0. The maximum Gasteiger partial charge on any atom is 0.119 e. The minimum atomic E-state index is -0.872. The van der Waals surface area contributed by atoms with Crippen molar-refractivity contribution in [3.8, 4) is 5.75 Å². The third-order valence-electron chi connectivity index (χ3n) is 7.64. The number of aromatic nitrogens is 1. The Morgan fingerprint density at radius 1 is 1.18 bits per heavy atom. The van der Waals surface area contributed by atoms with Crippen LogP contribution >= 0.6 is 11.8 Å². The Labute approximate surface area is 200 Å². The van der Waals surface area contributed by atoms with Gasteiger partial charge in [0.2, 0.25) is 0 Å². The lowest BCUT2D eigenvalue weighted by molar-refractivity contribution is -0.166. The molecule has 33 heavy (non-hydrogen) atoms. The number of hydrogen-bond donors (Lipinski definition) is 2. The van der Waals surface area contributed by atoms with Crippen LogP contribution in [0.1, 0.15) is 36.1 Å². The molecule has 0 bridgehead atoms. The summed E-state index contributed by atoms with van der Waals surface area (Å²) in [5, 5.41) is 13.3. The number of nitrogens with zero attached hydrogens (tertiary/aromatic N) is 1. The van der Waals surface area contributed by atoms with E-state index in [-0.39, 0.29) is 5.92 Å². The largest absolute Gasteiger partial charge is 0.497 e. The van der Waals surface area contributed by atoms with Crippen LogP contribution in [0.25, 0.3) is 10.9 Å². The van der Waals surface area contributed by atoms with E-state index in [1.807, 2.05) is 6.07 Å². The first-order valence-electron chi connectivity index (χ1n) is 11.7. The summed E-state index contributed by atoms with van der Waals surface area (Å²) in [7, 11) is 5.88. The minimum absolute atomic E-state index is 0.0493. The Kier molecular flexibility index (Phi) is 5.98. The fourth-order valence-electron chi connectivity index (χ4n) is 5.96. The SMILES string of the molecule is COc1ccc2[nH]c3c(c2c1)CCOC31CCC(O)(c2ccc(SC)cc2)C(CN(C)C)C1. The van der Waals surface area contributed by atoms with E-state index < -0.39 is 11.2 Å². The van der Waals surface area contributed by atoms with Crippen LogP contribution in [0.3, 0.4) is 0 Å². The van der Waals surface area contributed by atoms with Gasteiger partial charge in [-0.1, -0.05) is 12.1 Å². The van der Waals surface area contributed by atoms with Gasteiger partial charge in [-0.05, 0) is 87.5 Å². The molecule has 3 aromatic rings. The molecule has 1 aromatic heterocycles. The average molecular weight is 467 g/mol. The summed E-state index contributed by atoms with van der Waals surface area (Å²) in [5.41, 5.74) is 3.41. The van der Waals surface area contributed by atoms with E-state index in [4.69, 9.17) is 9.47 Å². The molecular weight excluding hydrogens is 432 g/mol. The predicted molar refractivity (Wildman–Crippen MR) is 134 cm³/mol. The van der Waals surface area contributed by atoms with Crippen molar-refractivity contribution in [1.29, 1.82) is 0 Å². The highest BCUT2D eigenvalue weighted by Gasteiger charge is 2.53. The summed E-state index contributed by atoms with van der Waals surface area (Å²) >= 11 is 1.73. The van der Waals surface area contributed by atoms with Gasteiger partial charge in [-0.15, -0.1) is 11.8 Å². The number of aromatic amines is 1. The van der Waals surface area contributed by atoms with Gasteiger partial charge in [-0.3, -0.25) is 0 Å². The fraction of sp³-hybridized carbons (Fsp3) is 0.481. The van der Waals surface area contributed by atoms with Crippen LogP contribution in [0.2, 0.25) is 0 Å². The lowest BCUT2D eigenvalue weighted by Crippen LogP contribution is -2.52. The van der Waals surface area contributed by atoms with Gasteiger partial charge in [0.25, 0.3) is 0 Å². The van der Waals surface area contributed by atoms with E-state index >= 15 is 0 Å². The van der Waals surface area contributed by atoms with Gasteiger partial charge in [-0.25, -0.2) is 0 Å². The van der Waals surface area contributed by atoms with Crippen molar-refractivity contribution < 1.29 is 14.6 Å². The van der Waals surface area contributed by atoms with Crippen LogP contribution in [0.5, 0.6) is 5.75 Å². The zero-order valence-electron chi connectivity index (χ0n) is 20.0. The highest BCUT2D eigenvalue weighted by molar-refractivity contribution is 7.98. The minimum Gasteiger partial charge on any atom is -0.497 e. The number of ether oxygens (including phenoxy) is 2. The summed E-state index contributed by atoms with van der Waals surface area (Å²) in [5.74, 6) is 0.926. The van der Waals surface area contributed by atoms with E-state index in [0.29, 0.717) is 13.0 Å². The van der Waals surface area contributed by atoms with E-state index in [0.717, 1.165) is 42.6 Å². The number of fused-ring (bicyclic) bond motifs is 4. The van der Waals surface area contributed by atoms with Crippen molar-refractivity contribution in [3.05, 3.63) is 59.3 Å². The molecule has 2 N–H and O–H groups in total. The van der Waals surface area contributed by atoms with Gasteiger partial charge in [0.1, 0.15) is 11.4 Å².